The first-order valence-corrected chi connectivity index (χ1v) is 10.3. The molecule has 2 saturated heterocycles. The van der Waals surface area contributed by atoms with Crippen molar-refractivity contribution in [1.82, 2.24) is 9.97 Å². The van der Waals surface area contributed by atoms with Crippen LogP contribution in [0.1, 0.15) is 31.0 Å². The maximum atomic E-state index is 13.5. The van der Waals surface area contributed by atoms with Gasteiger partial charge in [-0.1, -0.05) is 30.3 Å². The standard InChI is InChI=1S/C22H23F3N4O/c1-14-7-9-29(14)20-26-18(22(23,24)25)11-19(27-20)28-12-17-16(8-10-30)21(17,13-28)15-5-3-2-4-6-15/h2-6,10-11,14,16-17H,7-9,12-13H2,1H3/t14-,16?,17?,21?/m0/s1. The highest BCUT2D eigenvalue weighted by Gasteiger charge is 2.69. The Morgan fingerprint density at radius 3 is 2.60 bits per heavy atom. The lowest BCUT2D eigenvalue weighted by Gasteiger charge is -2.39. The largest absolute Gasteiger partial charge is 0.433 e. The average Bonchev–Trinajstić information content (AvgIpc) is 3.12. The predicted octanol–water partition coefficient (Wildman–Crippen LogP) is 3.69. The van der Waals surface area contributed by atoms with Gasteiger partial charge in [-0.15, -0.1) is 0 Å². The maximum Gasteiger partial charge on any atom is 0.433 e. The minimum atomic E-state index is -4.53. The lowest BCUT2D eigenvalue weighted by molar-refractivity contribution is -0.141. The number of aldehydes is 1. The Morgan fingerprint density at radius 2 is 2.00 bits per heavy atom. The summed E-state index contributed by atoms with van der Waals surface area (Å²) in [4.78, 5) is 23.3. The molecule has 1 aromatic carbocycles. The number of aromatic nitrogens is 2. The zero-order valence-electron chi connectivity index (χ0n) is 16.6. The number of halogens is 3. The third-order valence-electron chi connectivity index (χ3n) is 7.12. The summed E-state index contributed by atoms with van der Waals surface area (Å²) in [6.45, 7) is 3.78. The van der Waals surface area contributed by atoms with Crippen LogP contribution < -0.4 is 9.80 Å². The first kappa shape index (κ1) is 19.3. The van der Waals surface area contributed by atoms with E-state index in [0.717, 1.165) is 24.3 Å². The van der Waals surface area contributed by atoms with Crippen LogP contribution in [0.5, 0.6) is 0 Å². The molecule has 3 heterocycles. The monoisotopic (exact) mass is 416 g/mol. The number of carbonyl (C=O) groups excluding carboxylic acids is 1. The summed E-state index contributed by atoms with van der Waals surface area (Å²) >= 11 is 0. The Hall–Kier alpha value is -2.64. The van der Waals surface area contributed by atoms with Crippen LogP contribution in [-0.4, -0.2) is 41.9 Å². The van der Waals surface area contributed by atoms with E-state index in [2.05, 4.69) is 22.1 Å². The van der Waals surface area contributed by atoms with Crippen molar-refractivity contribution in [2.75, 3.05) is 29.4 Å². The quantitative estimate of drug-likeness (QED) is 0.696. The van der Waals surface area contributed by atoms with Gasteiger partial charge in [-0.05, 0) is 30.7 Å². The van der Waals surface area contributed by atoms with E-state index in [9.17, 15) is 18.0 Å². The number of benzene rings is 1. The van der Waals surface area contributed by atoms with E-state index < -0.39 is 11.9 Å². The van der Waals surface area contributed by atoms with E-state index in [1.807, 2.05) is 34.9 Å². The van der Waals surface area contributed by atoms with Crippen molar-refractivity contribution in [2.24, 2.45) is 11.8 Å². The molecule has 0 spiro atoms. The molecule has 0 amide bonds. The molecule has 4 atom stereocenters. The topological polar surface area (TPSA) is 49.3 Å². The first-order chi connectivity index (χ1) is 14.3. The molecule has 158 valence electrons. The smallest absolute Gasteiger partial charge is 0.355 e. The van der Waals surface area contributed by atoms with Crippen LogP contribution in [0.15, 0.2) is 36.4 Å². The number of carbonyl (C=O) groups is 1. The highest BCUT2D eigenvalue weighted by atomic mass is 19.4. The SMILES string of the molecule is C[C@H]1CCN1c1nc(N2CC3C(CC=O)C3(c3ccccc3)C2)cc(C(F)(F)F)n1. The van der Waals surface area contributed by atoms with Crippen LogP contribution in [0.25, 0.3) is 0 Å². The van der Waals surface area contributed by atoms with Crippen LogP contribution in [-0.2, 0) is 16.4 Å². The highest BCUT2D eigenvalue weighted by Crippen LogP contribution is 2.65. The van der Waals surface area contributed by atoms with Crippen molar-refractivity contribution in [3.8, 4) is 0 Å². The van der Waals surface area contributed by atoms with Gasteiger partial charge in [-0.3, -0.25) is 0 Å². The van der Waals surface area contributed by atoms with E-state index in [1.165, 1.54) is 0 Å². The second-order valence-corrected chi connectivity index (χ2v) is 8.64. The molecular formula is C22H23F3N4O. The first-order valence-electron chi connectivity index (χ1n) is 10.3. The molecule has 30 heavy (non-hydrogen) atoms. The Balaban J connectivity index is 1.49. The molecule has 1 aliphatic carbocycles. The van der Waals surface area contributed by atoms with Gasteiger partial charge in [0.25, 0.3) is 0 Å². The van der Waals surface area contributed by atoms with Gasteiger partial charge in [0.05, 0.1) is 0 Å². The van der Waals surface area contributed by atoms with Crippen LogP contribution in [0.3, 0.4) is 0 Å². The second-order valence-electron chi connectivity index (χ2n) is 8.64. The van der Waals surface area contributed by atoms with Crippen molar-refractivity contribution in [2.45, 2.75) is 37.4 Å². The third kappa shape index (κ3) is 2.87. The fraction of sp³-hybridized carbons (Fsp3) is 0.500. The number of fused-ring (bicyclic) bond motifs is 1. The lowest BCUT2D eigenvalue weighted by Crippen LogP contribution is -2.47. The summed E-state index contributed by atoms with van der Waals surface area (Å²) in [5.41, 5.74) is 0.0434. The number of alkyl halides is 3. The number of hydrogen-bond acceptors (Lipinski definition) is 5. The Labute approximate surface area is 172 Å². The van der Waals surface area contributed by atoms with Crippen molar-refractivity contribution >= 4 is 18.1 Å². The van der Waals surface area contributed by atoms with Crippen LogP contribution in [0.2, 0.25) is 0 Å². The second kappa shape index (κ2) is 6.68. The molecule has 1 aromatic heterocycles. The van der Waals surface area contributed by atoms with E-state index in [4.69, 9.17) is 0 Å². The summed E-state index contributed by atoms with van der Waals surface area (Å²) in [7, 11) is 0. The van der Waals surface area contributed by atoms with Crippen LogP contribution >= 0.6 is 0 Å². The molecule has 5 nitrogen and oxygen atoms in total. The van der Waals surface area contributed by atoms with E-state index >= 15 is 0 Å². The molecule has 3 unspecified atom stereocenters. The number of nitrogens with zero attached hydrogens (tertiary/aromatic N) is 4. The Kier molecular flexibility index (Phi) is 4.31. The van der Waals surface area contributed by atoms with Gasteiger partial charge in [-0.2, -0.15) is 18.2 Å². The van der Waals surface area contributed by atoms with Crippen LogP contribution in [0, 0.1) is 11.8 Å². The van der Waals surface area contributed by atoms with E-state index in [1.54, 1.807) is 0 Å². The predicted molar refractivity (Wildman–Crippen MR) is 106 cm³/mol. The molecular weight excluding hydrogens is 393 g/mol. The molecule has 2 aliphatic heterocycles. The Bertz CT molecular complexity index is 967. The van der Waals surface area contributed by atoms with Gasteiger partial charge >= 0.3 is 6.18 Å². The number of hydrogen-bond donors (Lipinski definition) is 0. The molecule has 0 bridgehead atoms. The summed E-state index contributed by atoms with van der Waals surface area (Å²) in [5.74, 6) is 0.935. The minimum Gasteiger partial charge on any atom is -0.355 e. The molecule has 5 rings (SSSR count). The molecule has 1 saturated carbocycles. The number of anilines is 2. The fourth-order valence-corrected chi connectivity index (χ4v) is 5.34. The maximum absolute atomic E-state index is 13.5. The van der Waals surface area contributed by atoms with E-state index in [0.29, 0.717) is 31.9 Å². The zero-order valence-corrected chi connectivity index (χ0v) is 16.6. The zero-order chi connectivity index (χ0) is 21.1. The third-order valence-corrected chi connectivity index (χ3v) is 7.12. The van der Waals surface area contributed by atoms with Crippen LogP contribution in [0.4, 0.5) is 24.9 Å². The Morgan fingerprint density at radius 1 is 1.23 bits per heavy atom. The molecule has 3 fully saturated rings. The normalized spacial score (nSPS) is 30.1. The molecule has 2 aromatic rings. The number of rotatable bonds is 5. The summed E-state index contributed by atoms with van der Waals surface area (Å²) in [6, 6.07) is 11.2. The van der Waals surface area contributed by atoms with Crippen molar-refractivity contribution in [1.29, 1.82) is 0 Å². The molecule has 0 radical (unpaired) electrons. The van der Waals surface area contributed by atoms with Gasteiger partial charge in [0.2, 0.25) is 5.95 Å². The van der Waals surface area contributed by atoms with Gasteiger partial charge in [-0.25, -0.2) is 4.98 Å². The van der Waals surface area contributed by atoms with Gasteiger partial charge in [0.15, 0.2) is 5.69 Å². The van der Waals surface area contributed by atoms with Crippen molar-refractivity contribution in [3.63, 3.8) is 0 Å². The van der Waals surface area contributed by atoms with Crippen molar-refractivity contribution in [3.05, 3.63) is 47.7 Å². The summed E-state index contributed by atoms with van der Waals surface area (Å²) in [5, 5.41) is 0. The average molecular weight is 416 g/mol. The highest BCUT2D eigenvalue weighted by molar-refractivity contribution is 5.58. The van der Waals surface area contributed by atoms with Crippen molar-refractivity contribution < 1.29 is 18.0 Å². The minimum absolute atomic E-state index is 0.140. The van der Waals surface area contributed by atoms with Gasteiger partial charge < -0.3 is 14.6 Å². The summed E-state index contributed by atoms with van der Waals surface area (Å²) in [6.07, 6.45) is -2.18. The molecule has 0 N–H and O–H groups in total. The number of piperidine rings is 1. The van der Waals surface area contributed by atoms with Gasteiger partial charge in [0, 0.05) is 43.6 Å². The fourth-order valence-electron chi connectivity index (χ4n) is 5.34. The lowest BCUT2D eigenvalue weighted by atomic mass is 9.92. The summed E-state index contributed by atoms with van der Waals surface area (Å²) < 4.78 is 40.6. The molecule has 8 heteroatoms. The van der Waals surface area contributed by atoms with Gasteiger partial charge in [0.1, 0.15) is 12.1 Å². The molecule has 3 aliphatic rings. The van der Waals surface area contributed by atoms with E-state index in [-0.39, 0.29) is 29.2 Å².